The molecule has 1 aliphatic carbocycles. The van der Waals surface area contributed by atoms with Crippen LogP contribution in [-0.4, -0.2) is 38.8 Å². The third-order valence-electron chi connectivity index (χ3n) is 5.85. The summed E-state index contributed by atoms with van der Waals surface area (Å²) in [6.45, 7) is 4.95. The lowest BCUT2D eigenvalue weighted by Gasteiger charge is -2.33. The fourth-order valence-corrected chi connectivity index (χ4v) is 4.02. The van der Waals surface area contributed by atoms with Crippen molar-refractivity contribution in [1.82, 2.24) is 14.4 Å². The molecule has 29 heavy (non-hydrogen) atoms. The molecule has 3 rings (SSSR count). The minimum Gasteiger partial charge on any atom is -0.467 e. The van der Waals surface area contributed by atoms with Gasteiger partial charge in [0.1, 0.15) is 12.3 Å². The molecule has 0 atom stereocenters. The maximum atomic E-state index is 13.3. The standard InChI is InChI=1S/C23H33N3O3/c1-18(2)26(23(28)19-9-5-4-6-10-19)17-22(27)25(16-21-12-8-14-29-21)15-20-11-7-13-24(20)3/h7-8,11-14,18-19H,4-6,9-10,15-17H2,1-3H3. The van der Waals surface area contributed by atoms with Gasteiger partial charge in [0, 0.05) is 30.9 Å². The number of hydrogen-bond acceptors (Lipinski definition) is 3. The highest BCUT2D eigenvalue weighted by Crippen LogP contribution is 2.26. The van der Waals surface area contributed by atoms with Crippen molar-refractivity contribution in [1.29, 1.82) is 0 Å². The van der Waals surface area contributed by atoms with Gasteiger partial charge in [-0.15, -0.1) is 0 Å². The molecule has 158 valence electrons. The van der Waals surface area contributed by atoms with E-state index in [0.717, 1.165) is 37.1 Å². The molecule has 0 aliphatic heterocycles. The first-order valence-corrected chi connectivity index (χ1v) is 10.7. The Labute approximate surface area is 173 Å². The number of rotatable bonds is 8. The Morgan fingerprint density at radius 2 is 1.90 bits per heavy atom. The topological polar surface area (TPSA) is 58.7 Å². The minimum atomic E-state index is -0.0551. The summed E-state index contributed by atoms with van der Waals surface area (Å²) in [6, 6.07) is 7.67. The molecule has 0 aromatic carbocycles. The van der Waals surface area contributed by atoms with Crippen molar-refractivity contribution >= 4 is 11.8 Å². The van der Waals surface area contributed by atoms with E-state index in [-0.39, 0.29) is 30.3 Å². The lowest BCUT2D eigenvalue weighted by atomic mass is 9.88. The van der Waals surface area contributed by atoms with Crippen molar-refractivity contribution < 1.29 is 14.0 Å². The number of aryl methyl sites for hydroxylation is 1. The van der Waals surface area contributed by atoms with Gasteiger partial charge in [-0.1, -0.05) is 19.3 Å². The Bertz CT molecular complexity index is 788. The van der Waals surface area contributed by atoms with E-state index >= 15 is 0 Å². The van der Waals surface area contributed by atoms with E-state index in [9.17, 15) is 9.59 Å². The summed E-state index contributed by atoms with van der Waals surface area (Å²) in [5.74, 6) is 0.873. The minimum absolute atomic E-state index is 0.00567. The highest BCUT2D eigenvalue weighted by atomic mass is 16.3. The molecule has 1 aliphatic rings. The van der Waals surface area contributed by atoms with Crippen LogP contribution in [0.1, 0.15) is 57.4 Å². The van der Waals surface area contributed by atoms with Crippen LogP contribution >= 0.6 is 0 Å². The number of hydrogen-bond donors (Lipinski definition) is 0. The number of carbonyl (C=O) groups excluding carboxylic acids is 2. The normalized spacial score (nSPS) is 14.9. The Balaban J connectivity index is 1.73. The predicted octanol–water partition coefficient (Wildman–Crippen LogP) is 3.96. The molecular formula is C23H33N3O3. The van der Waals surface area contributed by atoms with Crippen LogP contribution < -0.4 is 0 Å². The highest BCUT2D eigenvalue weighted by Gasteiger charge is 2.30. The largest absolute Gasteiger partial charge is 0.467 e. The second-order valence-corrected chi connectivity index (χ2v) is 8.33. The molecule has 0 spiro atoms. The molecule has 2 amide bonds. The fourth-order valence-electron chi connectivity index (χ4n) is 4.02. The van der Waals surface area contributed by atoms with E-state index in [0.29, 0.717) is 13.1 Å². The van der Waals surface area contributed by atoms with Gasteiger partial charge >= 0.3 is 0 Å². The molecule has 6 heteroatoms. The molecule has 2 aromatic heterocycles. The number of aromatic nitrogens is 1. The predicted molar refractivity (Wildman–Crippen MR) is 112 cm³/mol. The van der Waals surface area contributed by atoms with Crippen LogP contribution in [0.4, 0.5) is 0 Å². The van der Waals surface area contributed by atoms with Gasteiger partial charge in [0.05, 0.1) is 19.4 Å². The van der Waals surface area contributed by atoms with E-state index in [1.54, 1.807) is 16.1 Å². The maximum absolute atomic E-state index is 13.3. The molecule has 0 saturated heterocycles. The second-order valence-electron chi connectivity index (χ2n) is 8.33. The molecule has 0 radical (unpaired) electrons. The van der Waals surface area contributed by atoms with Crippen LogP contribution in [0.3, 0.4) is 0 Å². The van der Waals surface area contributed by atoms with Crippen molar-refractivity contribution in [3.05, 3.63) is 48.2 Å². The lowest BCUT2D eigenvalue weighted by Crippen LogP contribution is -2.48. The molecule has 6 nitrogen and oxygen atoms in total. The van der Waals surface area contributed by atoms with Gasteiger partial charge in [0.2, 0.25) is 11.8 Å². The summed E-state index contributed by atoms with van der Waals surface area (Å²) in [6.07, 6.45) is 8.89. The molecular weight excluding hydrogens is 366 g/mol. The summed E-state index contributed by atoms with van der Waals surface area (Å²) in [7, 11) is 1.97. The van der Waals surface area contributed by atoms with Crippen LogP contribution in [0.15, 0.2) is 41.1 Å². The molecule has 2 heterocycles. The summed E-state index contributed by atoms with van der Waals surface area (Å²) >= 11 is 0. The third kappa shape index (κ3) is 5.52. The van der Waals surface area contributed by atoms with E-state index in [1.165, 1.54) is 6.42 Å². The molecule has 0 unspecified atom stereocenters. The van der Waals surface area contributed by atoms with Crippen molar-refractivity contribution in [2.24, 2.45) is 13.0 Å². The molecule has 1 fully saturated rings. The van der Waals surface area contributed by atoms with Crippen molar-refractivity contribution in [2.75, 3.05) is 6.54 Å². The summed E-state index contributed by atoms with van der Waals surface area (Å²) in [5, 5.41) is 0. The van der Waals surface area contributed by atoms with Gasteiger partial charge in [-0.05, 0) is 51.0 Å². The van der Waals surface area contributed by atoms with Crippen molar-refractivity contribution in [3.8, 4) is 0 Å². The first-order chi connectivity index (χ1) is 14.0. The molecule has 0 N–H and O–H groups in total. The monoisotopic (exact) mass is 399 g/mol. The summed E-state index contributed by atoms with van der Waals surface area (Å²) in [5.41, 5.74) is 1.04. The first-order valence-electron chi connectivity index (χ1n) is 10.7. The SMILES string of the molecule is CC(C)N(CC(=O)N(Cc1ccco1)Cc1cccn1C)C(=O)C1CCCCC1. The molecule has 1 saturated carbocycles. The third-order valence-corrected chi connectivity index (χ3v) is 5.85. The lowest BCUT2D eigenvalue weighted by molar-refractivity contribution is -0.146. The highest BCUT2D eigenvalue weighted by molar-refractivity contribution is 5.86. The van der Waals surface area contributed by atoms with Crippen LogP contribution in [0, 0.1) is 5.92 Å². The molecule has 0 bridgehead atoms. The number of carbonyl (C=O) groups is 2. The summed E-state index contributed by atoms with van der Waals surface area (Å²) < 4.78 is 7.49. The molecule has 2 aromatic rings. The Kier molecular flexibility index (Phi) is 7.18. The van der Waals surface area contributed by atoms with Gasteiger partial charge in [-0.2, -0.15) is 0 Å². The average molecular weight is 400 g/mol. The zero-order valence-corrected chi connectivity index (χ0v) is 17.8. The van der Waals surface area contributed by atoms with E-state index < -0.39 is 0 Å². The van der Waals surface area contributed by atoms with Crippen LogP contribution in [0.25, 0.3) is 0 Å². The fraction of sp³-hybridized carbons (Fsp3) is 0.565. The average Bonchev–Trinajstić information content (AvgIpc) is 3.37. The Hall–Kier alpha value is -2.50. The van der Waals surface area contributed by atoms with E-state index in [1.807, 2.05) is 55.9 Å². The quantitative estimate of drug-likeness (QED) is 0.675. The Morgan fingerprint density at radius 3 is 2.48 bits per heavy atom. The van der Waals surface area contributed by atoms with Gasteiger partial charge in [0.15, 0.2) is 0 Å². The van der Waals surface area contributed by atoms with Gasteiger partial charge in [0.25, 0.3) is 0 Å². The van der Waals surface area contributed by atoms with Crippen LogP contribution in [0.5, 0.6) is 0 Å². The van der Waals surface area contributed by atoms with Crippen LogP contribution in [-0.2, 0) is 29.7 Å². The van der Waals surface area contributed by atoms with E-state index in [4.69, 9.17) is 4.42 Å². The van der Waals surface area contributed by atoms with Crippen molar-refractivity contribution in [2.45, 2.75) is 65.1 Å². The second kappa shape index (κ2) is 9.81. The van der Waals surface area contributed by atoms with Gasteiger partial charge < -0.3 is 18.8 Å². The number of furan rings is 1. The smallest absolute Gasteiger partial charge is 0.242 e. The zero-order chi connectivity index (χ0) is 20.8. The first kappa shape index (κ1) is 21.2. The zero-order valence-electron chi connectivity index (χ0n) is 17.8. The van der Waals surface area contributed by atoms with E-state index in [2.05, 4.69) is 0 Å². The summed E-state index contributed by atoms with van der Waals surface area (Å²) in [4.78, 5) is 29.9. The Morgan fingerprint density at radius 1 is 1.14 bits per heavy atom. The van der Waals surface area contributed by atoms with Gasteiger partial charge in [-0.25, -0.2) is 0 Å². The van der Waals surface area contributed by atoms with Gasteiger partial charge in [-0.3, -0.25) is 9.59 Å². The number of nitrogens with zero attached hydrogens (tertiary/aromatic N) is 3. The number of amides is 2. The van der Waals surface area contributed by atoms with Crippen molar-refractivity contribution in [3.63, 3.8) is 0 Å². The maximum Gasteiger partial charge on any atom is 0.242 e. The van der Waals surface area contributed by atoms with Crippen LogP contribution in [0.2, 0.25) is 0 Å².